The fraction of sp³-hybridized carbons (Fsp3) is 0.700. The number of aliphatic carboxylic acids is 1. The lowest BCUT2D eigenvalue weighted by atomic mass is 9.90. The average molecular weight is 197 g/mol. The van der Waals surface area contributed by atoms with Gasteiger partial charge in [-0.3, -0.25) is 10.1 Å². The Morgan fingerprint density at radius 1 is 1.57 bits per heavy atom. The summed E-state index contributed by atoms with van der Waals surface area (Å²) in [5, 5.41) is 12.1. The molecule has 1 unspecified atom stereocenters. The Balaban J connectivity index is 2.68. The minimum absolute atomic E-state index is 0.284. The van der Waals surface area contributed by atoms with Crippen LogP contribution in [0.25, 0.3) is 0 Å². The third-order valence-electron chi connectivity index (χ3n) is 2.50. The summed E-state index contributed by atoms with van der Waals surface area (Å²) in [6, 6.07) is 0. The van der Waals surface area contributed by atoms with Gasteiger partial charge in [-0.1, -0.05) is 5.92 Å². The third kappa shape index (κ3) is 2.47. The summed E-state index contributed by atoms with van der Waals surface area (Å²) < 4.78 is 5.22. The molecule has 1 aliphatic rings. The maximum atomic E-state index is 11.1. The summed E-state index contributed by atoms with van der Waals surface area (Å²) in [5.41, 5.74) is -0.886. The van der Waals surface area contributed by atoms with Crippen molar-refractivity contribution < 1.29 is 14.6 Å². The van der Waals surface area contributed by atoms with Gasteiger partial charge in [0.2, 0.25) is 0 Å². The van der Waals surface area contributed by atoms with Gasteiger partial charge in [0, 0.05) is 13.2 Å². The van der Waals surface area contributed by atoms with E-state index < -0.39 is 11.5 Å². The van der Waals surface area contributed by atoms with Crippen LogP contribution in [0, 0.1) is 12.3 Å². The molecule has 0 aromatic rings. The zero-order valence-corrected chi connectivity index (χ0v) is 8.08. The molecule has 0 aromatic carbocycles. The van der Waals surface area contributed by atoms with Crippen LogP contribution in [-0.4, -0.2) is 36.4 Å². The Labute approximate surface area is 83.6 Å². The molecule has 4 heteroatoms. The highest BCUT2D eigenvalue weighted by atomic mass is 16.5. The van der Waals surface area contributed by atoms with E-state index in [0.717, 1.165) is 6.42 Å². The number of nitrogens with one attached hydrogen (secondary N) is 1. The average Bonchev–Trinajstić information content (AvgIpc) is 2.41. The third-order valence-corrected chi connectivity index (χ3v) is 2.50. The van der Waals surface area contributed by atoms with Gasteiger partial charge in [0.1, 0.15) is 5.54 Å². The van der Waals surface area contributed by atoms with Crippen molar-refractivity contribution in [1.29, 1.82) is 0 Å². The van der Waals surface area contributed by atoms with Crippen molar-refractivity contribution in [2.45, 2.75) is 24.8 Å². The molecule has 0 amide bonds. The van der Waals surface area contributed by atoms with Crippen molar-refractivity contribution >= 4 is 5.97 Å². The van der Waals surface area contributed by atoms with Crippen LogP contribution < -0.4 is 5.32 Å². The predicted molar refractivity (Wildman–Crippen MR) is 51.9 cm³/mol. The van der Waals surface area contributed by atoms with E-state index >= 15 is 0 Å². The Kier molecular flexibility index (Phi) is 3.93. The van der Waals surface area contributed by atoms with E-state index in [1.807, 2.05) is 0 Å². The molecule has 4 nitrogen and oxygen atoms in total. The standard InChI is InChI=1S/C10H15NO3/c1-2-6-11-10(9(12)13)4-3-7-14-8-5-10/h1,11H,3-8H2,(H,12,13). The summed E-state index contributed by atoms with van der Waals surface area (Å²) in [6.07, 6.45) is 6.91. The Bertz CT molecular complexity index is 236. The SMILES string of the molecule is C#CCNC1(C(=O)O)CCCOCC1. The zero-order valence-electron chi connectivity index (χ0n) is 8.08. The topological polar surface area (TPSA) is 58.6 Å². The second kappa shape index (κ2) is 4.99. The summed E-state index contributed by atoms with van der Waals surface area (Å²) >= 11 is 0. The molecule has 1 saturated heterocycles. The van der Waals surface area contributed by atoms with Gasteiger partial charge in [0.05, 0.1) is 6.54 Å². The molecule has 1 rings (SSSR count). The van der Waals surface area contributed by atoms with Crippen molar-refractivity contribution in [3.63, 3.8) is 0 Å². The van der Waals surface area contributed by atoms with Crippen LogP contribution in [0.2, 0.25) is 0 Å². The first-order valence-corrected chi connectivity index (χ1v) is 4.71. The van der Waals surface area contributed by atoms with Crippen molar-refractivity contribution in [3.05, 3.63) is 0 Å². The number of rotatable bonds is 3. The van der Waals surface area contributed by atoms with E-state index in [1.54, 1.807) is 0 Å². The van der Waals surface area contributed by atoms with Crippen LogP contribution in [0.3, 0.4) is 0 Å². The van der Waals surface area contributed by atoms with Crippen molar-refractivity contribution in [2.75, 3.05) is 19.8 Å². The molecular formula is C10H15NO3. The van der Waals surface area contributed by atoms with Crippen LogP contribution in [0.1, 0.15) is 19.3 Å². The van der Waals surface area contributed by atoms with E-state index in [9.17, 15) is 4.79 Å². The zero-order chi connectivity index (χ0) is 10.4. The molecule has 0 saturated carbocycles. The number of hydrogen-bond acceptors (Lipinski definition) is 3. The summed E-state index contributed by atoms with van der Waals surface area (Å²) in [6.45, 7) is 1.39. The molecule has 2 N–H and O–H groups in total. The molecular weight excluding hydrogens is 182 g/mol. The Hall–Kier alpha value is -1.05. The molecule has 1 aliphatic heterocycles. The monoisotopic (exact) mass is 197 g/mol. The lowest BCUT2D eigenvalue weighted by Gasteiger charge is -2.27. The number of terminal acetylenes is 1. The maximum Gasteiger partial charge on any atom is 0.324 e. The van der Waals surface area contributed by atoms with Gasteiger partial charge in [-0.2, -0.15) is 0 Å². The van der Waals surface area contributed by atoms with Gasteiger partial charge in [-0.05, 0) is 19.3 Å². The molecule has 0 spiro atoms. The predicted octanol–water partition coefficient (Wildman–Crippen LogP) is 0.233. The molecule has 0 aromatic heterocycles. The summed E-state index contributed by atoms with van der Waals surface area (Å²) in [7, 11) is 0. The quantitative estimate of drug-likeness (QED) is 0.636. The van der Waals surface area contributed by atoms with E-state index in [2.05, 4.69) is 11.2 Å². The molecule has 1 fully saturated rings. The largest absolute Gasteiger partial charge is 0.480 e. The van der Waals surface area contributed by atoms with Crippen LogP contribution in [0.5, 0.6) is 0 Å². The number of hydrogen-bond donors (Lipinski definition) is 2. The highest BCUT2D eigenvalue weighted by Crippen LogP contribution is 2.21. The number of carboxylic acids is 1. The lowest BCUT2D eigenvalue weighted by Crippen LogP contribution is -2.52. The van der Waals surface area contributed by atoms with Crippen LogP contribution >= 0.6 is 0 Å². The molecule has 78 valence electrons. The van der Waals surface area contributed by atoms with Crippen LogP contribution in [0.15, 0.2) is 0 Å². The van der Waals surface area contributed by atoms with Gasteiger partial charge >= 0.3 is 5.97 Å². The van der Waals surface area contributed by atoms with Gasteiger partial charge in [-0.15, -0.1) is 6.42 Å². The normalized spacial score (nSPS) is 27.6. The molecule has 0 radical (unpaired) electrons. The molecule has 14 heavy (non-hydrogen) atoms. The highest BCUT2D eigenvalue weighted by Gasteiger charge is 2.38. The molecule has 0 aliphatic carbocycles. The summed E-state index contributed by atoms with van der Waals surface area (Å²) in [4.78, 5) is 11.1. The van der Waals surface area contributed by atoms with Crippen LogP contribution in [0.4, 0.5) is 0 Å². The van der Waals surface area contributed by atoms with Crippen LogP contribution in [-0.2, 0) is 9.53 Å². The Morgan fingerprint density at radius 2 is 2.36 bits per heavy atom. The molecule has 0 bridgehead atoms. The fourth-order valence-corrected chi connectivity index (χ4v) is 1.64. The molecule has 1 heterocycles. The fourth-order valence-electron chi connectivity index (χ4n) is 1.64. The van der Waals surface area contributed by atoms with E-state index in [0.29, 0.717) is 26.1 Å². The number of carboxylic acid groups (broad SMARTS) is 1. The highest BCUT2D eigenvalue weighted by molar-refractivity contribution is 5.78. The van der Waals surface area contributed by atoms with Crippen molar-refractivity contribution in [3.8, 4) is 12.3 Å². The van der Waals surface area contributed by atoms with Gasteiger partial charge in [-0.25, -0.2) is 0 Å². The minimum Gasteiger partial charge on any atom is -0.480 e. The van der Waals surface area contributed by atoms with Gasteiger partial charge in [0.25, 0.3) is 0 Å². The molecule has 1 atom stereocenters. The van der Waals surface area contributed by atoms with Gasteiger partial charge < -0.3 is 9.84 Å². The van der Waals surface area contributed by atoms with Crippen molar-refractivity contribution in [1.82, 2.24) is 5.32 Å². The van der Waals surface area contributed by atoms with Gasteiger partial charge in [0.15, 0.2) is 0 Å². The second-order valence-electron chi connectivity index (χ2n) is 3.41. The number of ether oxygens (including phenoxy) is 1. The first-order chi connectivity index (χ1) is 6.71. The first-order valence-electron chi connectivity index (χ1n) is 4.71. The smallest absolute Gasteiger partial charge is 0.324 e. The Morgan fingerprint density at radius 3 is 3.00 bits per heavy atom. The second-order valence-corrected chi connectivity index (χ2v) is 3.41. The minimum atomic E-state index is -0.886. The van der Waals surface area contributed by atoms with Crippen molar-refractivity contribution in [2.24, 2.45) is 0 Å². The van der Waals surface area contributed by atoms with E-state index in [4.69, 9.17) is 16.3 Å². The van der Waals surface area contributed by atoms with E-state index in [-0.39, 0.29) is 6.54 Å². The maximum absolute atomic E-state index is 11.1. The van der Waals surface area contributed by atoms with E-state index in [1.165, 1.54) is 0 Å². The number of carbonyl (C=O) groups is 1. The summed E-state index contributed by atoms with van der Waals surface area (Å²) in [5.74, 6) is 1.56. The lowest BCUT2D eigenvalue weighted by molar-refractivity contribution is -0.145. The first kappa shape index (κ1) is 11.0.